The van der Waals surface area contributed by atoms with Gasteiger partial charge in [0, 0.05) is 38.1 Å². The second kappa shape index (κ2) is 8.03. The molecule has 0 atom stereocenters. The van der Waals surface area contributed by atoms with Gasteiger partial charge in [0.15, 0.2) is 0 Å². The fourth-order valence-electron chi connectivity index (χ4n) is 3.14. The number of rotatable bonds is 4. The molecule has 1 fully saturated rings. The third-order valence-corrected chi connectivity index (χ3v) is 4.53. The number of carbonyl (C=O) groups is 2. The van der Waals surface area contributed by atoms with Gasteiger partial charge in [0.05, 0.1) is 19.1 Å². The molecule has 1 aromatic carbocycles. The highest BCUT2D eigenvalue weighted by Gasteiger charge is 2.25. The summed E-state index contributed by atoms with van der Waals surface area (Å²) in [6.07, 6.45) is 2.79. The zero-order valence-corrected chi connectivity index (χ0v) is 14.7. The van der Waals surface area contributed by atoms with Crippen molar-refractivity contribution in [2.45, 2.75) is 12.8 Å². The summed E-state index contributed by atoms with van der Waals surface area (Å²) in [6.45, 7) is 1.99. The summed E-state index contributed by atoms with van der Waals surface area (Å²) in [7, 11) is 1.45. The number of hydrogen-bond acceptors (Lipinski definition) is 3. The van der Waals surface area contributed by atoms with Gasteiger partial charge in [0.1, 0.15) is 11.6 Å². The van der Waals surface area contributed by atoms with Crippen LogP contribution >= 0.6 is 0 Å². The maximum Gasteiger partial charge on any atom is 0.257 e. The summed E-state index contributed by atoms with van der Waals surface area (Å²) in [5.41, 5.74) is 1.08. The number of aromatic amines is 1. The van der Waals surface area contributed by atoms with Crippen molar-refractivity contribution in [3.8, 4) is 5.75 Å². The van der Waals surface area contributed by atoms with Gasteiger partial charge in [-0.2, -0.15) is 0 Å². The van der Waals surface area contributed by atoms with Crippen LogP contribution in [-0.4, -0.2) is 59.9 Å². The first-order valence-electron chi connectivity index (χ1n) is 8.61. The second-order valence-electron chi connectivity index (χ2n) is 6.24. The van der Waals surface area contributed by atoms with E-state index in [1.54, 1.807) is 16.0 Å². The van der Waals surface area contributed by atoms with E-state index in [4.69, 9.17) is 4.74 Å². The molecule has 3 rings (SSSR count). The van der Waals surface area contributed by atoms with Crippen molar-refractivity contribution in [3.05, 3.63) is 53.6 Å². The number of ether oxygens (including phenoxy) is 1. The Morgan fingerprint density at radius 1 is 1.15 bits per heavy atom. The van der Waals surface area contributed by atoms with Crippen LogP contribution in [0.1, 0.15) is 22.5 Å². The van der Waals surface area contributed by atoms with Gasteiger partial charge in [-0.25, -0.2) is 4.39 Å². The number of amides is 2. The minimum atomic E-state index is -0.480. The Kier molecular flexibility index (Phi) is 5.55. The normalized spacial score (nSPS) is 14.8. The van der Waals surface area contributed by atoms with Gasteiger partial charge in [0.2, 0.25) is 5.91 Å². The van der Waals surface area contributed by atoms with Crippen LogP contribution in [-0.2, 0) is 11.2 Å². The van der Waals surface area contributed by atoms with E-state index in [9.17, 15) is 14.0 Å². The monoisotopic (exact) mass is 359 g/mol. The van der Waals surface area contributed by atoms with E-state index in [-0.39, 0.29) is 17.4 Å². The van der Waals surface area contributed by atoms with E-state index in [1.807, 2.05) is 12.1 Å². The molecular formula is C19H22FN3O3. The van der Waals surface area contributed by atoms with Crippen LogP contribution < -0.4 is 4.74 Å². The summed E-state index contributed by atoms with van der Waals surface area (Å²) in [6, 6.07) is 7.64. The lowest BCUT2D eigenvalue weighted by atomic mass is 10.1. The molecule has 1 saturated heterocycles. The maximum absolute atomic E-state index is 13.6. The first-order chi connectivity index (χ1) is 12.6. The smallest absolute Gasteiger partial charge is 0.257 e. The minimum Gasteiger partial charge on any atom is -0.496 e. The van der Waals surface area contributed by atoms with Gasteiger partial charge >= 0.3 is 0 Å². The number of aromatic nitrogens is 1. The number of methoxy groups -OCH3 is 1. The molecule has 1 aliphatic heterocycles. The molecular weight excluding hydrogens is 337 g/mol. The molecule has 0 spiro atoms. The summed E-state index contributed by atoms with van der Waals surface area (Å²) >= 11 is 0. The number of H-pyrrole nitrogens is 1. The van der Waals surface area contributed by atoms with Crippen LogP contribution in [0.5, 0.6) is 5.75 Å². The summed E-state index contributed by atoms with van der Waals surface area (Å²) in [5.74, 6) is -0.378. The van der Waals surface area contributed by atoms with E-state index in [1.165, 1.54) is 25.3 Å². The second-order valence-corrected chi connectivity index (χ2v) is 6.24. The number of carbonyl (C=O) groups excluding carboxylic acids is 2. The van der Waals surface area contributed by atoms with Crippen molar-refractivity contribution in [2.24, 2.45) is 0 Å². The van der Waals surface area contributed by atoms with E-state index >= 15 is 0 Å². The lowest BCUT2D eigenvalue weighted by Gasteiger charge is -2.23. The Morgan fingerprint density at radius 3 is 2.65 bits per heavy atom. The third kappa shape index (κ3) is 4.04. The van der Waals surface area contributed by atoms with Crippen LogP contribution in [0, 0.1) is 5.82 Å². The van der Waals surface area contributed by atoms with Gasteiger partial charge in [-0.1, -0.05) is 0 Å². The van der Waals surface area contributed by atoms with Crippen molar-refractivity contribution in [1.82, 2.24) is 14.8 Å². The SMILES string of the molecule is COc1ccc(F)cc1C(=O)N1CCCN(C(=O)Cc2ccc[nH]2)CC1. The molecule has 0 aliphatic carbocycles. The molecule has 0 saturated carbocycles. The largest absolute Gasteiger partial charge is 0.496 e. The molecule has 0 bridgehead atoms. The quantitative estimate of drug-likeness (QED) is 0.909. The molecule has 26 heavy (non-hydrogen) atoms. The van der Waals surface area contributed by atoms with Crippen LogP contribution in [0.4, 0.5) is 4.39 Å². The number of halogens is 1. The van der Waals surface area contributed by atoms with Crippen LogP contribution in [0.15, 0.2) is 36.5 Å². The van der Waals surface area contributed by atoms with E-state index < -0.39 is 5.82 Å². The van der Waals surface area contributed by atoms with Gasteiger partial charge in [0.25, 0.3) is 5.91 Å². The molecule has 2 aromatic rings. The summed E-state index contributed by atoms with van der Waals surface area (Å²) in [4.78, 5) is 31.7. The number of nitrogens with zero attached hydrogens (tertiary/aromatic N) is 2. The van der Waals surface area contributed by atoms with Gasteiger partial charge in [-0.15, -0.1) is 0 Å². The predicted octanol–water partition coefficient (Wildman–Crippen LogP) is 2.08. The highest BCUT2D eigenvalue weighted by atomic mass is 19.1. The maximum atomic E-state index is 13.6. The number of hydrogen-bond donors (Lipinski definition) is 1. The fourth-order valence-corrected chi connectivity index (χ4v) is 3.14. The van der Waals surface area contributed by atoms with Crippen molar-refractivity contribution >= 4 is 11.8 Å². The first-order valence-corrected chi connectivity index (χ1v) is 8.61. The van der Waals surface area contributed by atoms with Crippen molar-refractivity contribution < 1.29 is 18.7 Å². The molecule has 1 aliphatic rings. The molecule has 0 radical (unpaired) electrons. The molecule has 2 heterocycles. The zero-order chi connectivity index (χ0) is 18.5. The third-order valence-electron chi connectivity index (χ3n) is 4.53. The van der Waals surface area contributed by atoms with Crippen molar-refractivity contribution in [1.29, 1.82) is 0 Å². The molecule has 1 N–H and O–H groups in total. The highest BCUT2D eigenvalue weighted by Crippen LogP contribution is 2.22. The predicted molar refractivity (Wildman–Crippen MR) is 94.5 cm³/mol. The summed E-state index contributed by atoms with van der Waals surface area (Å²) < 4.78 is 18.7. The molecule has 6 nitrogen and oxygen atoms in total. The Bertz CT molecular complexity index is 776. The summed E-state index contributed by atoms with van der Waals surface area (Å²) in [5, 5.41) is 0. The first kappa shape index (κ1) is 18.0. The topological polar surface area (TPSA) is 65.6 Å². The molecule has 2 amide bonds. The molecule has 1 aromatic heterocycles. The Morgan fingerprint density at radius 2 is 1.92 bits per heavy atom. The van der Waals surface area contributed by atoms with Gasteiger partial charge in [-0.3, -0.25) is 9.59 Å². The lowest BCUT2D eigenvalue weighted by Crippen LogP contribution is -2.38. The average Bonchev–Trinajstić information content (AvgIpc) is 3.02. The average molecular weight is 359 g/mol. The van der Waals surface area contributed by atoms with Crippen LogP contribution in [0.3, 0.4) is 0 Å². The van der Waals surface area contributed by atoms with Crippen molar-refractivity contribution in [2.75, 3.05) is 33.3 Å². The van der Waals surface area contributed by atoms with Crippen molar-refractivity contribution in [3.63, 3.8) is 0 Å². The standard InChI is InChI=1S/C19H22FN3O3/c1-26-17-6-5-14(20)12-16(17)19(25)23-9-3-8-22(10-11-23)18(24)13-15-4-2-7-21-15/h2,4-7,12,21H,3,8-11,13H2,1H3. The van der Waals surface area contributed by atoms with Gasteiger partial charge in [-0.05, 0) is 36.8 Å². The van der Waals surface area contributed by atoms with Gasteiger partial charge < -0.3 is 19.5 Å². The Labute approximate surface area is 151 Å². The highest BCUT2D eigenvalue weighted by molar-refractivity contribution is 5.97. The number of nitrogens with one attached hydrogen (secondary N) is 1. The minimum absolute atomic E-state index is 0.0325. The molecule has 138 valence electrons. The van der Waals surface area contributed by atoms with Crippen LogP contribution in [0.25, 0.3) is 0 Å². The van der Waals surface area contributed by atoms with E-state index in [0.29, 0.717) is 44.8 Å². The Hall–Kier alpha value is -2.83. The number of benzene rings is 1. The molecule has 0 unspecified atom stereocenters. The Balaban J connectivity index is 1.66. The van der Waals surface area contributed by atoms with Crippen LogP contribution in [0.2, 0.25) is 0 Å². The zero-order valence-electron chi connectivity index (χ0n) is 14.7. The fraction of sp³-hybridized carbons (Fsp3) is 0.368. The van der Waals surface area contributed by atoms with E-state index in [2.05, 4.69) is 4.98 Å². The molecule has 7 heteroatoms. The van der Waals surface area contributed by atoms with E-state index in [0.717, 1.165) is 5.69 Å². The lowest BCUT2D eigenvalue weighted by molar-refractivity contribution is -0.130.